The molecular formula is C9H6Cl2N4OS. The highest BCUT2D eigenvalue weighted by Crippen LogP contribution is 2.33. The Labute approximate surface area is 111 Å². The van der Waals surface area contributed by atoms with E-state index in [1.54, 1.807) is 18.2 Å². The summed E-state index contributed by atoms with van der Waals surface area (Å²) in [4.78, 5) is 11.1. The molecule has 0 fully saturated rings. The molecule has 17 heavy (non-hydrogen) atoms. The first kappa shape index (κ1) is 12.1. The molecule has 0 spiro atoms. The first-order chi connectivity index (χ1) is 8.09. The number of aromatic nitrogens is 2. The van der Waals surface area contributed by atoms with Crippen molar-refractivity contribution in [2.75, 3.05) is 5.32 Å². The molecule has 2 rings (SSSR count). The van der Waals surface area contributed by atoms with Crippen molar-refractivity contribution in [3.63, 3.8) is 0 Å². The van der Waals surface area contributed by atoms with Crippen molar-refractivity contribution < 1.29 is 4.79 Å². The van der Waals surface area contributed by atoms with Crippen LogP contribution in [0, 0.1) is 0 Å². The van der Waals surface area contributed by atoms with Gasteiger partial charge in [0.1, 0.15) is 5.00 Å². The number of hydrogen-bond donors (Lipinski definition) is 2. The summed E-state index contributed by atoms with van der Waals surface area (Å²) in [5, 5.41) is 7.74. The number of halogens is 2. The van der Waals surface area contributed by atoms with Gasteiger partial charge in [0.05, 0.1) is 15.7 Å². The molecule has 0 bridgehead atoms. The highest BCUT2D eigenvalue weighted by atomic mass is 35.5. The fourth-order valence-electron chi connectivity index (χ4n) is 1.16. The SMILES string of the molecule is NC(=O)c1nnsc1Nc1cccc(Cl)c1Cl. The van der Waals surface area contributed by atoms with Gasteiger partial charge in [0.25, 0.3) is 5.91 Å². The summed E-state index contributed by atoms with van der Waals surface area (Å²) in [5.41, 5.74) is 5.78. The standard InChI is InChI=1S/C9H6Cl2N4OS/c10-4-2-1-3-5(6(4)11)13-9-7(8(12)16)14-15-17-9/h1-3,13H,(H2,12,16). The van der Waals surface area contributed by atoms with Crippen LogP contribution < -0.4 is 11.1 Å². The van der Waals surface area contributed by atoms with Gasteiger partial charge in [-0.15, -0.1) is 5.10 Å². The fraction of sp³-hybridized carbons (Fsp3) is 0. The minimum absolute atomic E-state index is 0.0750. The van der Waals surface area contributed by atoms with Gasteiger partial charge in [0.2, 0.25) is 0 Å². The lowest BCUT2D eigenvalue weighted by molar-refractivity contribution is 0.0996. The van der Waals surface area contributed by atoms with E-state index in [1.807, 2.05) is 0 Å². The summed E-state index contributed by atoms with van der Waals surface area (Å²) in [6.45, 7) is 0. The molecule has 0 aliphatic rings. The number of primary amides is 1. The zero-order chi connectivity index (χ0) is 12.4. The third-order valence-corrected chi connectivity index (χ3v) is 3.38. The van der Waals surface area contributed by atoms with Crippen molar-refractivity contribution >= 4 is 51.3 Å². The van der Waals surface area contributed by atoms with Crippen LogP contribution in [0.25, 0.3) is 0 Å². The Morgan fingerprint density at radius 1 is 1.41 bits per heavy atom. The predicted octanol–water partition coefficient (Wildman–Crippen LogP) is 2.69. The second-order valence-corrected chi connectivity index (χ2v) is 4.58. The first-order valence-corrected chi connectivity index (χ1v) is 5.95. The van der Waals surface area contributed by atoms with Gasteiger partial charge in [-0.25, -0.2) is 0 Å². The lowest BCUT2D eigenvalue weighted by Crippen LogP contribution is -2.13. The smallest absolute Gasteiger partial charge is 0.272 e. The summed E-state index contributed by atoms with van der Waals surface area (Å²) < 4.78 is 3.64. The molecule has 88 valence electrons. The van der Waals surface area contributed by atoms with E-state index in [4.69, 9.17) is 28.9 Å². The van der Waals surface area contributed by atoms with Crippen LogP contribution in [-0.4, -0.2) is 15.5 Å². The van der Waals surface area contributed by atoms with Crippen LogP contribution in [0.5, 0.6) is 0 Å². The van der Waals surface area contributed by atoms with Gasteiger partial charge < -0.3 is 11.1 Å². The van der Waals surface area contributed by atoms with E-state index in [0.29, 0.717) is 20.7 Å². The van der Waals surface area contributed by atoms with E-state index in [1.165, 1.54) is 0 Å². The molecule has 5 nitrogen and oxygen atoms in total. The highest BCUT2D eigenvalue weighted by Gasteiger charge is 2.15. The third-order valence-electron chi connectivity index (χ3n) is 1.92. The highest BCUT2D eigenvalue weighted by molar-refractivity contribution is 7.10. The Morgan fingerprint density at radius 2 is 2.18 bits per heavy atom. The van der Waals surface area contributed by atoms with Crippen LogP contribution >= 0.6 is 34.7 Å². The van der Waals surface area contributed by atoms with E-state index in [0.717, 1.165) is 11.5 Å². The average molecular weight is 289 g/mol. The number of benzene rings is 1. The number of amides is 1. The molecule has 1 heterocycles. The summed E-state index contributed by atoms with van der Waals surface area (Å²) in [7, 11) is 0. The Bertz CT molecular complexity index is 572. The molecule has 1 amide bonds. The molecule has 0 atom stereocenters. The Kier molecular flexibility index (Phi) is 3.46. The van der Waals surface area contributed by atoms with E-state index in [-0.39, 0.29) is 5.69 Å². The number of carbonyl (C=O) groups excluding carboxylic acids is 1. The summed E-state index contributed by atoms with van der Waals surface area (Å²) in [6, 6.07) is 5.11. The maximum atomic E-state index is 11.1. The van der Waals surface area contributed by atoms with Gasteiger partial charge in [-0.2, -0.15) is 0 Å². The first-order valence-electron chi connectivity index (χ1n) is 4.43. The minimum Gasteiger partial charge on any atom is -0.364 e. The second-order valence-electron chi connectivity index (χ2n) is 3.04. The monoisotopic (exact) mass is 288 g/mol. The van der Waals surface area contributed by atoms with Crippen molar-refractivity contribution in [1.29, 1.82) is 0 Å². The maximum absolute atomic E-state index is 11.1. The van der Waals surface area contributed by atoms with Crippen LogP contribution in [0.1, 0.15) is 10.5 Å². The summed E-state index contributed by atoms with van der Waals surface area (Å²) >= 11 is 12.9. The van der Waals surface area contributed by atoms with Crippen molar-refractivity contribution in [3.8, 4) is 0 Å². The zero-order valence-corrected chi connectivity index (χ0v) is 10.6. The van der Waals surface area contributed by atoms with Crippen LogP contribution in [0.4, 0.5) is 10.7 Å². The summed E-state index contributed by atoms with van der Waals surface area (Å²) in [5.74, 6) is -0.653. The molecule has 0 unspecified atom stereocenters. The molecular weight excluding hydrogens is 283 g/mol. The molecule has 0 aliphatic heterocycles. The number of anilines is 2. The van der Waals surface area contributed by atoms with E-state index >= 15 is 0 Å². The molecule has 8 heteroatoms. The summed E-state index contributed by atoms with van der Waals surface area (Å²) in [6.07, 6.45) is 0. The van der Waals surface area contributed by atoms with E-state index < -0.39 is 5.91 Å². The molecule has 2 aromatic rings. The van der Waals surface area contributed by atoms with Gasteiger partial charge in [0, 0.05) is 11.5 Å². The molecule has 0 saturated heterocycles. The lowest BCUT2D eigenvalue weighted by atomic mass is 10.3. The molecule has 1 aromatic heterocycles. The Balaban J connectivity index is 2.35. The normalized spacial score (nSPS) is 10.2. The number of carbonyl (C=O) groups is 1. The molecule has 1 aromatic carbocycles. The number of nitrogens with one attached hydrogen (secondary N) is 1. The van der Waals surface area contributed by atoms with Crippen molar-refractivity contribution in [3.05, 3.63) is 33.9 Å². The van der Waals surface area contributed by atoms with Gasteiger partial charge in [-0.3, -0.25) is 4.79 Å². The van der Waals surface area contributed by atoms with E-state index in [9.17, 15) is 4.79 Å². The largest absolute Gasteiger partial charge is 0.364 e. The van der Waals surface area contributed by atoms with Gasteiger partial charge in [0.15, 0.2) is 5.69 Å². The van der Waals surface area contributed by atoms with Crippen LogP contribution in [0.2, 0.25) is 10.0 Å². The molecule has 0 saturated carbocycles. The third kappa shape index (κ3) is 2.49. The van der Waals surface area contributed by atoms with Gasteiger partial charge in [-0.05, 0) is 12.1 Å². The van der Waals surface area contributed by atoms with Gasteiger partial charge >= 0.3 is 0 Å². The van der Waals surface area contributed by atoms with Crippen LogP contribution in [0.15, 0.2) is 18.2 Å². The predicted molar refractivity (Wildman–Crippen MR) is 68.2 cm³/mol. The van der Waals surface area contributed by atoms with Gasteiger partial charge in [-0.1, -0.05) is 33.8 Å². The topological polar surface area (TPSA) is 80.9 Å². The van der Waals surface area contributed by atoms with Crippen molar-refractivity contribution in [2.24, 2.45) is 5.73 Å². The Hall–Kier alpha value is -1.37. The molecule has 0 aliphatic carbocycles. The van der Waals surface area contributed by atoms with E-state index in [2.05, 4.69) is 14.9 Å². The second kappa shape index (κ2) is 4.87. The lowest BCUT2D eigenvalue weighted by Gasteiger charge is -2.07. The number of hydrogen-bond acceptors (Lipinski definition) is 5. The zero-order valence-electron chi connectivity index (χ0n) is 8.28. The minimum atomic E-state index is -0.653. The van der Waals surface area contributed by atoms with Crippen LogP contribution in [0.3, 0.4) is 0 Å². The number of nitrogens with two attached hydrogens (primary N) is 1. The quantitative estimate of drug-likeness (QED) is 0.910. The van der Waals surface area contributed by atoms with Crippen LogP contribution in [-0.2, 0) is 0 Å². The Morgan fingerprint density at radius 3 is 2.88 bits per heavy atom. The molecule has 0 radical (unpaired) electrons. The fourth-order valence-corrected chi connectivity index (χ4v) is 2.09. The maximum Gasteiger partial charge on any atom is 0.272 e. The van der Waals surface area contributed by atoms with Crippen molar-refractivity contribution in [1.82, 2.24) is 9.59 Å². The number of nitrogens with zero attached hydrogens (tertiary/aromatic N) is 2. The van der Waals surface area contributed by atoms with Crippen molar-refractivity contribution in [2.45, 2.75) is 0 Å². The average Bonchev–Trinajstić information content (AvgIpc) is 2.73. The number of rotatable bonds is 3. The molecule has 3 N–H and O–H groups in total.